The number of pyridine rings is 1. The van der Waals surface area contributed by atoms with E-state index < -0.39 is 38.2 Å². The minimum absolute atomic E-state index is 0.0888. The van der Waals surface area contributed by atoms with E-state index in [9.17, 15) is 22.7 Å². The second kappa shape index (κ2) is 11.9. The minimum Gasteiger partial charge on any atom is -0.492 e. The van der Waals surface area contributed by atoms with Gasteiger partial charge in [0.15, 0.2) is 4.90 Å². The topological polar surface area (TPSA) is 111 Å². The minimum atomic E-state index is -4.48. The number of aromatic hydroxyl groups is 1. The fraction of sp³-hybridized carbons (Fsp3) is 0.276. The number of halogens is 1. The Bertz CT molecular complexity index is 1620. The van der Waals surface area contributed by atoms with Gasteiger partial charge in [0, 0.05) is 25.3 Å². The lowest BCUT2D eigenvalue weighted by Crippen LogP contribution is -2.35. The molecule has 0 aliphatic rings. The maximum Gasteiger partial charge on any atom is 0.277 e. The van der Waals surface area contributed by atoms with Crippen LogP contribution in [-0.4, -0.2) is 41.8 Å². The molecule has 0 aliphatic heterocycles. The van der Waals surface area contributed by atoms with Crippen LogP contribution in [0.25, 0.3) is 11.1 Å². The van der Waals surface area contributed by atoms with Crippen molar-refractivity contribution < 1.29 is 22.7 Å². The number of aromatic nitrogens is 3. The molecule has 4 aromatic rings. The molecular weight excluding hydrogens is 521 g/mol. The van der Waals surface area contributed by atoms with Gasteiger partial charge < -0.3 is 9.84 Å². The number of unbranched alkanes of at least 4 members (excludes halogenated alkanes) is 1. The first kappa shape index (κ1) is 28.1. The van der Waals surface area contributed by atoms with Gasteiger partial charge >= 0.3 is 0 Å². The Hall–Kier alpha value is -3.89. The SMILES string of the molecule is CCCCc1nc(O)c(S(=O)(=O)c2ccc(-c3ccnc(F)c3C)cc2)c(=O)n1[C@@H](COC)c1ccccc1. The van der Waals surface area contributed by atoms with Crippen LogP contribution in [0.5, 0.6) is 5.88 Å². The molecule has 2 aromatic heterocycles. The summed E-state index contributed by atoms with van der Waals surface area (Å²) in [6.07, 6.45) is 3.19. The van der Waals surface area contributed by atoms with E-state index >= 15 is 0 Å². The summed E-state index contributed by atoms with van der Waals surface area (Å²) < 4.78 is 48.1. The van der Waals surface area contributed by atoms with Gasteiger partial charge in [0.1, 0.15) is 5.82 Å². The molecule has 0 unspecified atom stereocenters. The van der Waals surface area contributed by atoms with Gasteiger partial charge in [-0.25, -0.2) is 13.4 Å². The number of aryl methyl sites for hydroxylation is 1. The van der Waals surface area contributed by atoms with Crippen molar-refractivity contribution in [3.63, 3.8) is 0 Å². The van der Waals surface area contributed by atoms with Crippen LogP contribution >= 0.6 is 0 Å². The zero-order valence-corrected chi connectivity index (χ0v) is 22.8. The number of hydrogen-bond acceptors (Lipinski definition) is 7. The molecular formula is C29H30FN3O5S. The maximum absolute atomic E-state index is 13.9. The zero-order valence-electron chi connectivity index (χ0n) is 22.0. The van der Waals surface area contributed by atoms with Crippen molar-refractivity contribution >= 4 is 9.84 Å². The molecule has 0 saturated carbocycles. The lowest BCUT2D eigenvalue weighted by Gasteiger charge is -2.24. The summed E-state index contributed by atoms with van der Waals surface area (Å²) in [4.78, 5) is 20.8. The lowest BCUT2D eigenvalue weighted by molar-refractivity contribution is 0.165. The number of sulfone groups is 1. The Morgan fingerprint density at radius 3 is 2.41 bits per heavy atom. The van der Waals surface area contributed by atoms with E-state index in [0.717, 1.165) is 12.0 Å². The van der Waals surface area contributed by atoms with Crippen molar-refractivity contribution in [3.8, 4) is 17.0 Å². The Morgan fingerprint density at radius 1 is 1.08 bits per heavy atom. The van der Waals surface area contributed by atoms with E-state index in [1.54, 1.807) is 13.0 Å². The molecule has 10 heteroatoms. The normalized spacial score (nSPS) is 12.4. The van der Waals surface area contributed by atoms with Gasteiger partial charge in [-0.15, -0.1) is 0 Å². The van der Waals surface area contributed by atoms with Crippen molar-refractivity contribution in [1.29, 1.82) is 0 Å². The van der Waals surface area contributed by atoms with Crippen molar-refractivity contribution in [2.75, 3.05) is 13.7 Å². The smallest absolute Gasteiger partial charge is 0.277 e. The van der Waals surface area contributed by atoms with Crippen LogP contribution in [0.3, 0.4) is 0 Å². The van der Waals surface area contributed by atoms with Crippen LogP contribution in [0.15, 0.2) is 81.4 Å². The van der Waals surface area contributed by atoms with Crippen LogP contribution in [0, 0.1) is 12.9 Å². The fourth-order valence-corrected chi connectivity index (χ4v) is 5.87. The van der Waals surface area contributed by atoms with Gasteiger partial charge in [-0.1, -0.05) is 55.8 Å². The van der Waals surface area contributed by atoms with E-state index in [4.69, 9.17) is 4.74 Å². The largest absolute Gasteiger partial charge is 0.492 e. The Morgan fingerprint density at radius 2 is 1.77 bits per heavy atom. The molecule has 0 saturated heterocycles. The van der Waals surface area contributed by atoms with Crippen molar-refractivity contribution in [2.24, 2.45) is 0 Å². The maximum atomic E-state index is 13.9. The molecule has 204 valence electrons. The molecule has 4 rings (SSSR count). The molecule has 8 nitrogen and oxygen atoms in total. The van der Waals surface area contributed by atoms with Crippen LogP contribution in [0.4, 0.5) is 4.39 Å². The molecule has 2 heterocycles. The summed E-state index contributed by atoms with van der Waals surface area (Å²) in [6, 6.07) is 15.8. The molecule has 0 fully saturated rings. The van der Waals surface area contributed by atoms with Crippen LogP contribution in [-0.2, 0) is 21.0 Å². The number of methoxy groups -OCH3 is 1. The fourth-order valence-electron chi connectivity index (χ4n) is 4.52. The highest BCUT2D eigenvalue weighted by Crippen LogP contribution is 2.30. The van der Waals surface area contributed by atoms with Gasteiger partial charge in [-0.05, 0) is 48.2 Å². The zero-order chi connectivity index (χ0) is 28.2. The molecule has 0 aliphatic carbocycles. The van der Waals surface area contributed by atoms with Gasteiger partial charge in [0.25, 0.3) is 5.56 Å². The number of hydrogen-bond donors (Lipinski definition) is 1. The number of benzene rings is 2. The van der Waals surface area contributed by atoms with Gasteiger partial charge in [-0.3, -0.25) is 9.36 Å². The molecule has 0 bridgehead atoms. The van der Waals surface area contributed by atoms with Crippen molar-refractivity contribution in [2.45, 2.75) is 48.9 Å². The molecule has 39 heavy (non-hydrogen) atoms. The summed E-state index contributed by atoms with van der Waals surface area (Å²) in [5.41, 5.74) is 1.32. The lowest BCUT2D eigenvalue weighted by atomic mass is 10.0. The quantitative estimate of drug-likeness (QED) is 0.280. The highest BCUT2D eigenvalue weighted by atomic mass is 32.2. The van der Waals surface area contributed by atoms with Crippen molar-refractivity contribution in [3.05, 3.63) is 100 Å². The van der Waals surface area contributed by atoms with Gasteiger partial charge in [0.2, 0.25) is 21.7 Å². The van der Waals surface area contributed by atoms with Crippen LogP contribution in [0.2, 0.25) is 0 Å². The summed E-state index contributed by atoms with van der Waals surface area (Å²) in [7, 11) is -2.98. The van der Waals surface area contributed by atoms with Gasteiger partial charge in [0.05, 0.1) is 17.5 Å². The third-order valence-electron chi connectivity index (χ3n) is 6.59. The van der Waals surface area contributed by atoms with E-state index in [1.165, 1.54) is 42.1 Å². The molecule has 0 radical (unpaired) electrons. The molecule has 0 spiro atoms. The summed E-state index contributed by atoms with van der Waals surface area (Å²) >= 11 is 0. The second-order valence-electron chi connectivity index (χ2n) is 9.14. The standard InChI is InChI=1S/C29H30FN3O5S/c1-4-5-11-25-32-28(34)26(29(35)33(25)24(18-38-3)21-9-7-6-8-10-21)39(36,37)22-14-12-20(13-15-22)23-16-17-31-27(30)19(23)2/h6-10,12-17,24,34H,4-5,11,18H2,1-3H3/t24-/m0/s1. The predicted molar refractivity (Wildman–Crippen MR) is 145 cm³/mol. The van der Waals surface area contributed by atoms with Gasteiger partial charge in [-0.2, -0.15) is 9.37 Å². The Kier molecular flexibility index (Phi) is 8.57. The summed E-state index contributed by atoms with van der Waals surface area (Å²) in [6.45, 7) is 3.65. The summed E-state index contributed by atoms with van der Waals surface area (Å²) in [5, 5.41) is 10.8. The Labute approximate surface area is 226 Å². The van der Waals surface area contributed by atoms with Crippen LogP contribution in [0.1, 0.15) is 42.8 Å². The predicted octanol–water partition coefficient (Wildman–Crippen LogP) is 4.87. The monoisotopic (exact) mass is 551 g/mol. The third-order valence-corrected chi connectivity index (χ3v) is 8.38. The highest BCUT2D eigenvalue weighted by molar-refractivity contribution is 7.91. The van der Waals surface area contributed by atoms with E-state index in [2.05, 4.69) is 9.97 Å². The molecule has 2 aromatic carbocycles. The third kappa shape index (κ3) is 5.62. The van der Waals surface area contributed by atoms with E-state index in [-0.39, 0.29) is 17.3 Å². The number of rotatable bonds is 10. The Balaban J connectivity index is 1.87. The molecule has 1 N–H and O–H groups in total. The first-order valence-corrected chi connectivity index (χ1v) is 14.0. The van der Waals surface area contributed by atoms with Crippen molar-refractivity contribution in [1.82, 2.24) is 14.5 Å². The molecule has 1 atom stereocenters. The molecule has 0 amide bonds. The summed E-state index contributed by atoms with van der Waals surface area (Å²) in [5.74, 6) is -1.19. The number of ether oxygens (including phenoxy) is 1. The average molecular weight is 552 g/mol. The first-order chi connectivity index (χ1) is 18.7. The van der Waals surface area contributed by atoms with E-state index in [1.807, 2.05) is 37.3 Å². The van der Waals surface area contributed by atoms with Crippen LogP contribution < -0.4 is 5.56 Å². The number of nitrogens with zero attached hydrogens (tertiary/aromatic N) is 3. The first-order valence-electron chi connectivity index (χ1n) is 12.6. The van der Waals surface area contributed by atoms with E-state index in [0.29, 0.717) is 29.5 Å². The highest BCUT2D eigenvalue weighted by Gasteiger charge is 2.32. The second-order valence-corrected chi connectivity index (χ2v) is 11.0. The average Bonchev–Trinajstić information content (AvgIpc) is 2.93.